The Hall–Kier alpha value is -2.71. The molecule has 0 radical (unpaired) electrons. The summed E-state index contributed by atoms with van der Waals surface area (Å²) in [5, 5.41) is 3.97. The molecular weight excluding hydrogens is 417 g/mol. The van der Waals surface area contributed by atoms with Crippen LogP contribution in [0.1, 0.15) is 31.4 Å². The van der Waals surface area contributed by atoms with Crippen molar-refractivity contribution in [2.24, 2.45) is 0 Å². The van der Waals surface area contributed by atoms with Crippen molar-refractivity contribution < 1.29 is 13.9 Å². The first kappa shape index (κ1) is 21.5. The molecule has 0 bridgehead atoms. The van der Waals surface area contributed by atoms with Gasteiger partial charge >= 0.3 is 0 Å². The third-order valence-electron chi connectivity index (χ3n) is 5.32. The van der Waals surface area contributed by atoms with Crippen LogP contribution >= 0.6 is 11.8 Å². The molecule has 162 valence electrons. The SMILES string of the molecule is C[C@@H](NC(=O)CSc1nc2ccccc2c(=O)n1C[C@H]1CCCO1)c1ccc(F)cc1. The number of carbonyl (C=O) groups excluding carboxylic acids is 1. The highest BCUT2D eigenvalue weighted by Crippen LogP contribution is 2.21. The van der Waals surface area contributed by atoms with Gasteiger partial charge in [0.25, 0.3) is 5.56 Å². The first-order valence-corrected chi connectivity index (χ1v) is 11.3. The van der Waals surface area contributed by atoms with Crippen LogP contribution in [0, 0.1) is 5.82 Å². The molecule has 8 heteroatoms. The number of benzene rings is 2. The zero-order valence-corrected chi connectivity index (χ0v) is 18.0. The van der Waals surface area contributed by atoms with Crippen LogP contribution in [0.3, 0.4) is 0 Å². The van der Waals surface area contributed by atoms with Crippen LogP contribution in [0.4, 0.5) is 4.39 Å². The van der Waals surface area contributed by atoms with Crippen molar-refractivity contribution in [3.8, 4) is 0 Å². The lowest BCUT2D eigenvalue weighted by molar-refractivity contribution is -0.119. The first-order chi connectivity index (χ1) is 15.0. The topological polar surface area (TPSA) is 73.2 Å². The lowest BCUT2D eigenvalue weighted by Gasteiger charge is -2.17. The molecule has 0 spiro atoms. The molecule has 6 nitrogen and oxygen atoms in total. The molecule has 2 aromatic carbocycles. The molecule has 3 aromatic rings. The number of amides is 1. The highest BCUT2D eigenvalue weighted by atomic mass is 32.2. The Kier molecular flexibility index (Phi) is 6.67. The molecule has 1 N–H and O–H groups in total. The zero-order valence-electron chi connectivity index (χ0n) is 17.2. The number of rotatable bonds is 7. The lowest BCUT2D eigenvalue weighted by atomic mass is 10.1. The van der Waals surface area contributed by atoms with Crippen molar-refractivity contribution in [1.82, 2.24) is 14.9 Å². The van der Waals surface area contributed by atoms with Gasteiger partial charge in [0.1, 0.15) is 5.82 Å². The van der Waals surface area contributed by atoms with Gasteiger partial charge in [-0.25, -0.2) is 9.37 Å². The molecule has 2 atom stereocenters. The summed E-state index contributed by atoms with van der Waals surface area (Å²) in [6.07, 6.45) is 1.86. The Bertz CT molecular complexity index is 1130. The van der Waals surface area contributed by atoms with Crippen molar-refractivity contribution in [1.29, 1.82) is 0 Å². The molecule has 1 amide bonds. The molecule has 0 saturated carbocycles. The van der Waals surface area contributed by atoms with E-state index in [1.165, 1.54) is 23.9 Å². The first-order valence-electron chi connectivity index (χ1n) is 10.3. The number of aromatic nitrogens is 2. The quantitative estimate of drug-likeness (QED) is 0.447. The van der Waals surface area contributed by atoms with Crippen LogP contribution in [-0.2, 0) is 16.1 Å². The molecule has 2 heterocycles. The van der Waals surface area contributed by atoms with E-state index in [2.05, 4.69) is 10.3 Å². The van der Waals surface area contributed by atoms with Crippen LogP contribution in [0.15, 0.2) is 58.5 Å². The van der Waals surface area contributed by atoms with Gasteiger partial charge in [0.15, 0.2) is 5.16 Å². The minimum Gasteiger partial charge on any atom is -0.376 e. The van der Waals surface area contributed by atoms with E-state index in [1.807, 2.05) is 19.1 Å². The smallest absolute Gasteiger partial charge is 0.262 e. The molecule has 0 unspecified atom stereocenters. The summed E-state index contributed by atoms with van der Waals surface area (Å²) in [6, 6.07) is 13.0. The Morgan fingerprint density at radius 2 is 2.06 bits per heavy atom. The number of ether oxygens (including phenoxy) is 1. The highest BCUT2D eigenvalue weighted by molar-refractivity contribution is 7.99. The molecule has 0 aliphatic carbocycles. The van der Waals surface area contributed by atoms with Crippen molar-refractivity contribution in [2.45, 2.75) is 43.6 Å². The minimum atomic E-state index is -0.315. The molecule has 1 aliphatic rings. The van der Waals surface area contributed by atoms with Gasteiger partial charge in [-0.3, -0.25) is 14.2 Å². The van der Waals surface area contributed by atoms with Gasteiger partial charge in [0.2, 0.25) is 5.91 Å². The van der Waals surface area contributed by atoms with E-state index >= 15 is 0 Å². The van der Waals surface area contributed by atoms with Gasteiger partial charge in [0.05, 0.1) is 35.3 Å². The maximum absolute atomic E-state index is 13.1. The van der Waals surface area contributed by atoms with Crippen LogP contribution in [-0.4, -0.2) is 33.9 Å². The molecule has 4 rings (SSSR count). The number of fused-ring (bicyclic) bond motifs is 1. The monoisotopic (exact) mass is 441 g/mol. The van der Waals surface area contributed by atoms with Gasteiger partial charge in [-0.05, 0) is 49.6 Å². The van der Waals surface area contributed by atoms with Gasteiger partial charge in [-0.2, -0.15) is 0 Å². The third-order valence-corrected chi connectivity index (χ3v) is 6.29. The van der Waals surface area contributed by atoms with E-state index in [4.69, 9.17) is 4.74 Å². The Morgan fingerprint density at radius 1 is 1.29 bits per heavy atom. The van der Waals surface area contributed by atoms with E-state index in [9.17, 15) is 14.0 Å². The number of hydrogen-bond donors (Lipinski definition) is 1. The van der Waals surface area contributed by atoms with E-state index in [1.54, 1.807) is 28.8 Å². The van der Waals surface area contributed by atoms with Crippen molar-refractivity contribution in [3.05, 3.63) is 70.3 Å². The molecular formula is C23H24FN3O3S. The fraction of sp³-hybridized carbons (Fsp3) is 0.348. The second kappa shape index (κ2) is 9.62. The molecule has 1 fully saturated rings. The Balaban J connectivity index is 1.50. The van der Waals surface area contributed by atoms with Crippen LogP contribution in [0.25, 0.3) is 10.9 Å². The Labute approximate surface area is 183 Å². The van der Waals surface area contributed by atoms with E-state index in [0.29, 0.717) is 29.2 Å². The Morgan fingerprint density at radius 3 is 2.81 bits per heavy atom. The van der Waals surface area contributed by atoms with Crippen molar-refractivity contribution >= 4 is 28.6 Å². The van der Waals surface area contributed by atoms with Gasteiger partial charge < -0.3 is 10.1 Å². The van der Waals surface area contributed by atoms with Gasteiger partial charge in [-0.1, -0.05) is 36.0 Å². The van der Waals surface area contributed by atoms with E-state index < -0.39 is 0 Å². The molecule has 1 aliphatic heterocycles. The summed E-state index contributed by atoms with van der Waals surface area (Å²) in [4.78, 5) is 30.3. The summed E-state index contributed by atoms with van der Waals surface area (Å²) in [6.45, 7) is 2.97. The van der Waals surface area contributed by atoms with Gasteiger partial charge in [-0.15, -0.1) is 0 Å². The largest absolute Gasteiger partial charge is 0.376 e. The highest BCUT2D eigenvalue weighted by Gasteiger charge is 2.21. The summed E-state index contributed by atoms with van der Waals surface area (Å²) < 4.78 is 20.5. The number of halogens is 1. The second-order valence-corrected chi connectivity index (χ2v) is 8.53. The van der Waals surface area contributed by atoms with Crippen molar-refractivity contribution in [3.63, 3.8) is 0 Å². The van der Waals surface area contributed by atoms with Crippen LogP contribution in [0.2, 0.25) is 0 Å². The third kappa shape index (κ3) is 5.14. The fourth-order valence-corrected chi connectivity index (χ4v) is 4.48. The fourth-order valence-electron chi connectivity index (χ4n) is 3.66. The predicted molar refractivity (Wildman–Crippen MR) is 119 cm³/mol. The molecule has 1 saturated heterocycles. The average molecular weight is 442 g/mol. The standard InChI is InChI=1S/C23H24FN3O3S/c1-15(16-8-10-17(24)11-9-16)25-21(28)14-31-23-26-20-7-3-2-6-19(20)22(29)27(23)13-18-5-4-12-30-18/h2-3,6-11,15,18H,4-5,12-14H2,1H3,(H,25,28)/t15-,18-/m1/s1. The van der Waals surface area contributed by atoms with Crippen LogP contribution < -0.4 is 10.9 Å². The number of thioether (sulfide) groups is 1. The summed E-state index contributed by atoms with van der Waals surface area (Å²) in [7, 11) is 0. The number of nitrogens with zero attached hydrogens (tertiary/aromatic N) is 2. The van der Waals surface area contributed by atoms with E-state index in [-0.39, 0.29) is 35.2 Å². The minimum absolute atomic E-state index is 0.0210. The van der Waals surface area contributed by atoms with E-state index in [0.717, 1.165) is 18.4 Å². The zero-order chi connectivity index (χ0) is 21.8. The number of nitrogens with one attached hydrogen (secondary N) is 1. The average Bonchev–Trinajstić information content (AvgIpc) is 3.28. The maximum Gasteiger partial charge on any atom is 0.262 e. The van der Waals surface area contributed by atoms with Crippen LogP contribution in [0.5, 0.6) is 0 Å². The maximum atomic E-state index is 13.1. The lowest BCUT2D eigenvalue weighted by Crippen LogP contribution is -2.30. The summed E-state index contributed by atoms with van der Waals surface area (Å²) in [5.41, 5.74) is 1.31. The summed E-state index contributed by atoms with van der Waals surface area (Å²) in [5.74, 6) is -0.390. The molecule has 31 heavy (non-hydrogen) atoms. The summed E-state index contributed by atoms with van der Waals surface area (Å²) >= 11 is 1.23. The number of carbonyl (C=O) groups is 1. The second-order valence-electron chi connectivity index (χ2n) is 7.59. The predicted octanol–water partition coefficient (Wildman–Crippen LogP) is 3.68. The normalized spacial score (nSPS) is 17.0. The van der Waals surface area contributed by atoms with Gasteiger partial charge in [0, 0.05) is 6.61 Å². The molecule has 1 aromatic heterocycles. The number of hydrogen-bond acceptors (Lipinski definition) is 5. The number of para-hydroxylation sites is 1. The van der Waals surface area contributed by atoms with Crippen molar-refractivity contribution in [2.75, 3.05) is 12.4 Å².